The molecule has 4 heterocycles. The number of nitrogens with one attached hydrogen (secondary N) is 1. The van der Waals surface area contributed by atoms with E-state index in [0.717, 1.165) is 0 Å². The quantitative estimate of drug-likeness (QED) is 0.539. The lowest BCUT2D eigenvalue weighted by molar-refractivity contribution is -0.157. The molecule has 0 aromatic heterocycles. The summed E-state index contributed by atoms with van der Waals surface area (Å²) in [6, 6.07) is 1.10. The molecule has 1 aliphatic carbocycles. The maximum atomic E-state index is 12.8. The van der Waals surface area contributed by atoms with Crippen LogP contribution in [0.1, 0.15) is 29.8 Å². The number of aliphatic hydroxyl groups excluding tert-OH is 1. The van der Waals surface area contributed by atoms with Crippen LogP contribution in [-0.2, 0) is 19.8 Å². The minimum atomic E-state index is -0.994. The number of fused-ring (bicyclic) bond motifs is 4. The Labute approximate surface area is 147 Å². The average molecular weight is 363 g/mol. The lowest BCUT2D eigenvalue weighted by atomic mass is 9.71. The Hall–Kier alpha value is -2.07. The molecule has 1 aromatic rings. The number of amides is 1. The highest BCUT2D eigenvalue weighted by atomic mass is 16.8. The van der Waals surface area contributed by atoms with Crippen LogP contribution in [0.2, 0.25) is 0 Å². The van der Waals surface area contributed by atoms with E-state index in [4.69, 9.17) is 23.7 Å². The van der Waals surface area contributed by atoms with Gasteiger partial charge in [0, 0.05) is 5.56 Å². The van der Waals surface area contributed by atoms with E-state index in [1.165, 1.54) is 0 Å². The summed E-state index contributed by atoms with van der Waals surface area (Å²) in [5.41, 5.74) is -0.438. The van der Waals surface area contributed by atoms with Gasteiger partial charge < -0.3 is 39.2 Å². The molecule has 0 unspecified atom stereocenters. The molecule has 3 N–H and O–H groups in total. The first kappa shape index (κ1) is 15.0. The second-order valence-corrected chi connectivity index (χ2v) is 7.72. The third kappa shape index (κ3) is 1.54. The van der Waals surface area contributed by atoms with Crippen LogP contribution in [0.3, 0.4) is 0 Å². The van der Waals surface area contributed by atoms with Crippen molar-refractivity contribution in [2.45, 2.75) is 55.7 Å². The number of rotatable bonds is 0. The number of phenols is 1. The molecule has 6 rings (SSSR count). The lowest BCUT2D eigenvalue weighted by Crippen LogP contribution is -2.64. The highest BCUT2D eigenvalue weighted by molar-refractivity contribution is 6.02. The maximum Gasteiger partial charge on any atom is 0.256 e. The molecular weight excluding hydrogens is 346 g/mol. The summed E-state index contributed by atoms with van der Waals surface area (Å²) in [6.45, 7) is 3.49. The van der Waals surface area contributed by atoms with Gasteiger partial charge in [0.1, 0.15) is 30.0 Å². The number of ether oxygens (including phenoxy) is 5. The predicted octanol–water partition coefficient (Wildman–Crippen LogP) is -0.278. The molecule has 26 heavy (non-hydrogen) atoms. The summed E-state index contributed by atoms with van der Waals surface area (Å²) in [5, 5.41) is 24.2. The monoisotopic (exact) mass is 363 g/mol. The summed E-state index contributed by atoms with van der Waals surface area (Å²) in [5.74, 6) is -1.13. The number of aromatic hydroxyl groups is 1. The molecule has 5 aliphatic rings. The molecule has 9 nitrogen and oxygen atoms in total. The number of carbonyl (C=O) groups is 1. The summed E-state index contributed by atoms with van der Waals surface area (Å²) in [6.07, 6.45) is -2.69. The Balaban J connectivity index is 1.54. The van der Waals surface area contributed by atoms with Crippen molar-refractivity contribution in [1.82, 2.24) is 5.32 Å². The number of carbonyl (C=O) groups excluding carboxylic acids is 1. The van der Waals surface area contributed by atoms with Crippen LogP contribution in [0.25, 0.3) is 0 Å². The van der Waals surface area contributed by atoms with E-state index in [9.17, 15) is 15.0 Å². The van der Waals surface area contributed by atoms with E-state index in [2.05, 4.69) is 5.32 Å². The zero-order valence-corrected chi connectivity index (χ0v) is 14.0. The van der Waals surface area contributed by atoms with Crippen LogP contribution in [-0.4, -0.2) is 59.2 Å². The SMILES string of the molecule is CC1(C)O[C@@H]2[C@@H](O)[C@H]3O[C@]34c3cc5c(c(O)c3C(=O)N[C@H]4[C@@H]2O1)OCO5. The molecule has 1 aromatic carbocycles. The summed E-state index contributed by atoms with van der Waals surface area (Å²) >= 11 is 0. The van der Waals surface area contributed by atoms with Gasteiger partial charge >= 0.3 is 0 Å². The van der Waals surface area contributed by atoms with E-state index < -0.39 is 47.8 Å². The first-order valence-electron chi connectivity index (χ1n) is 8.52. The topological polar surface area (TPSA) is 119 Å². The fraction of sp³-hybridized carbons (Fsp3) is 0.588. The van der Waals surface area contributed by atoms with Gasteiger partial charge in [-0.3, -0.25) is 4.79 Å². The second-order valence-electron chi connectivity index (χ2n) is 7.72. The standard InChI is InChI=1S/C17H17NO8/c1-16(2)24-11-9(20)14-17(26-14)5-3-6-10(23-4-22-6)8(19)7(5)15(21)18-13(17)12(11)25-16/h3,9,11-14,19-20H,4H2,1-2H3,(H,18,21)/t9-,11-,12-,13+,14-,17+/m1/s1. The molecule has 0 radical (unpaired) electrons. The highest BCUT2D eigenvalue weighted by Crippen LogP contribution is 2.62. The number of aliphatic hydroxyl groups is 1. The van der Waals surface area contributed by atoms with Crippen LogP contribution < -0.4 is 14.8 Å². The van der Waals surface area contributed by atoms with Crippen molar-refractivity contribution >= 4 is 5.91 Å². The normalized spacial score (nSPS) is 43.0. The highest BCUT2D eigenvalue weighted by Gasteiger charge is 2.77. The molecule has 2 saturated heterocycles. The Morgan fingerprint density at radius 2 is 1.96 bits per heavy atom. The summed E-state index contributed by atoms with van der Waals surface area (Å²) < 4.78 is 28.4. The Bertz CT molecular complexity index is 869. The van der Waals surface area contributed by atoms with E-state index in [-0.39, 0.29) is 23.9 Å². The number of hydrogen-bond acceptors (Lipinski definition) is 8. The van der Waals surface area contributed by atoms with Gasteiger partial charge in [0.15, 0.2) is 17.3 Å². The van der Waals surface area contributed by atoms with Gasteiger partial charge in [-0.15, -0.1) is 0 Å². The van der Waals surface area contributed by atoms with Gasteiger partial charge in [-0.05, 0) is 19.9 Å². The largest absolute Gasteiger partial charge is 0.504 e. The van der Waals surface area contributed by atoms with Crippen LogP contribution in [0.4, 0.5) is 0 Å². The average Bonchev–Trinajstić information content (AvgIpc) is 2.96. The molecule has 1 saturated carbocycles. The maximum absolute atomic E-state index is 12.8. The minimum absolute atomic E-state index is 0.0351. The van der Waals surface area contributed by atoms with E-state index in [1.807, 2.05) is 0 Å². The molecule has 1 spiro atoms. The third-order valence-electron chi connectivity index (χ3n) is 5.86. The van der Waals surface area contributed by atoms with Crippen molar-refractivity contribution in [1.29, 1.82) is 0 Å². The zero-order valence-electron chi connectivity index (χ0n) is 14.0. The van der Waals surface area contributed by atoms with Crippen molar-refractivity contribution in [2.24, 2.45) is 0 Å². The number of hydrogen-bond donors (Lipinski definition) is 3. The molecule has 6 atom stereocenters. The molecular formula is C17H17NO8. The summed E-state index contributed by atoms with van der Waals surface area (Å²) in [7, 11) is 0. The minimum Gasteiger partial charge on any atom is -0.504 e. The lowest BCUT2D eigenvalue weighted by Gasteiger charge is -2.41. The van der Waals surface area contributed by atoms with Crippen LogP contribution >= 0.6 is 0 Å². The van der Waals surface area contributed by atoms with Crippen molar-refractivity contribution < 1.29 is 38.7 Å². The number of epoxide rings is 1. The zero-order chi connectivity index (χ0) is 18.0. The van der Waals surface area contributed by atoms with E-state index >= 15 is 0 Å². The third-order valence-corrected chi connectivity index (χ3v) is 5.86. The fourth-order valence-corrected chi connectivity index (χ4v) is 4.86. The first-order chi connectivity index (χ1) is 12.3. The van der Waals surface area contributed by atoms with Crippen molar-refractivity contribution in [2.75, 3.05) is 6.79 Å². The van der Waals surface area contributed by atoms with Gasteiger partial charge in [-0.25, -0.2) is 0 Å². The Morgan fingerprint density at radius 1 is 1.19 bits per heavy atom. The Morgan fingerprint density at radius 3 is 2.77 bits per heavy atom. The van der Waals surface area contributed by atoms with Crippen molar-refractivity contribution in [3.63, 3.8) is 0 Å². The van der Waals surface area contributed by atoms with Gasteiger partial charge in [0.05, 0.1) is 11.6 Å². The van der Waals surface area contributed by atoms with Crippen LogP contribution in [0.5, 0.6) is 17.2 Å². The number of phenolic OH excluding ortho intramolecular Hbond substituents is 1. The van der Waals surface area contributed by atoms with Crippen molar-refractivity contribution in [3.05, 3.63) is 17.2 Å². The second kappa shape index (κ2) is 4.25. The molecule has 1 amide bonds. The smallest absolute Gasteiger partial charge is 0.256 e. The molecule has 4 aliphatic heterocycles. The van der Waals surface area contributed by atoms with E-state index in [0.29, 0.717) is 11.3 Å². The van der Waals surface area contributed by atoms with Gasteiger partial charge in [0.2, 0.25) is 12.5 Å². The molecule has 0 bridgehead atoms. The molecule has 9 heteroatoms. The summed E-state index contributed by atoms with van der Waals surface area (Å²) in [4.78, 5) is 12.8. The van der Waals surface area contributed by atoms with Crippen molar-refractivity contribution in [3.8, 4) is 17.2 Å². The van der Waals surface area contributed by atoms with Crippen LogP contribution in [0.15, 0.2) is 6.07 Å². The van der Waals surface area contributed by atoms with Crippen LogP contribution in [0, 0.1) is 0 Å². The van der Waals surface area contributed by atoms with E-state index in [1.54, 1.807) is 19.9 Å². The van der Waals surface area contributed by atoms with Gasteiger partial charge in [-0.2, -0.15) is 0 Å². The van der Waals surface area contributed by atoms with Gasteiger partial charge in [0.25, 0.3) is 5.91 Å². The molecule has 3 fully saturated rings. The Kier molecular flexibility index (Phi) is 2.46. The first-order valence-corrected chi connectivity index (χ1v) is 8.52. The number of benzene rings is 1. The molecule has 138 valence electrons. The predicted molar refractivity (Wildman–Crippen MR) is 81.9 cm³/mol. The fourth-order valence-electron chi connectivity index (χ4n) is 4.86. The van der Waals surface area contributed by atoms with Gasteiger partial charge in [-0.1, -0.05) is 0 Å².